The van der Waals surface area contributed by atoms with Crippen LogP contribution in [0.2, 0.25) is 0 Å². The van der Waals surface area contributed by atoms with Crippen LogP contribution in [0.4, 0.5) is 0 Å². The molecule has 0 atom stereocenters. The minimum Gasteiger partial charge on any atom is -0.307 e. The predicted molar refractivity (Wildman–Crippen MR) is 138 cm³/mol. The number of fused-ring (bicyclic) bond motifs is 1. The number of amides is 2. The number of nitrogens with zero attached hydrogens (tertiary/aromatic N) is 2. The lowest BCUT2D eigenvalue weighted by Crippen LogP contribution is -2.31. The lowest BCUT2D eigenvalue weighted by molar-refractivity contribution is -0.124. The van der Waals surface area contributed by atoms with Gasteiger partial charge in [0.2, 0.25) is 0 Å². The van der Waals surface area contributed by atoms with Gasteiger partial charge in [-0.2, -0.15) is 0 Å². The highest BCUT2D eigenvalue weighted by atomic mass is 16.2. The molecule has 0 spiro atoms. The van der Waals surface area contributed by atoms with E-state index in [1.165, 1.54) is 0 Å². The lowest BCUT2D eigenvalue weighted by Gasteiger charge is -2.25. The van der Waals surface area contributed by atoms with Crippen molar-refractivity contribution >= 4 is 23.2 Å². The molecule has 2 aliphatic heterocycles. The van der Waals surface area contributed by atoms with Crippen LogP contribution in [0.15, 0.2) is 97.1 Å². The van der Waals surface area contributed by atoms with Crippen LogP contribution in [0.1, 0.15) is 49.7 Å². The number of allylic oxidation sites excluding steroid dienone is 2. The summed E-state index contributed by atoms with van der Waals surface area (Å²) in [5, 5.41) is 0. The van der Waals surface area contributed by atoms with Crippen molar-refractivity contribution in [2.24, 2.45) is 0 Å². The normalized spacial score (nSPS) is 15.4. The summed E-state index contributed by atoms with van der Waals surface area (Å²) < 4.78 is 0. The maximum Gasteiger partial charge on any atom is 0.261 e. The fraction of sp³-hybridized carbons (Fsp3) is 0.267. The Morgan fingerprint density at radius 3 is 1.32 bits per heavy atom. The molecule has 2 heterocycles. The molecule has 0 radical (unpaired) electrons. The van der Waals surface area contributed by atoms with Crippen LogP contribution >= 0.6 is 0 Å². The fourth-order valence-corrected chi connectivity index (χ4v) is 4.73. The summed E-state index contributed by atoms with van der Waals surface area (Å²) in [7, 11) is 0. The second kappa shape index (κ2) is 11.0. The van der Waals surface area contributed by atoms with Crippen LogP contribution < -0.4 is 0 Å². The van der Waals surface area contributed by atoms with Gasteiger partial charge in [-0.3, -0.25) is 9.59 Å². The van der Waals surface area contributed by atoms with E-state index in [9.17, 15) is 9.59 Å². The Morgan fingerprint density at radius 1 is 0.588 bits per heavy atom. The molecule has 0 saturated heterocycles. The predicted octanol–water partition coefficient (Wildman–Crippen LogP) is 6.21. The summed E-state index contributed by atoms with van der Waals surface area (Å²) in [4.78, 5) is 31.4. The molecule has 0 aromatic heterocycles. The van der Waals surface area contributed by atoms with Crippen LogP contribution in [0.5, 0.6) is 0 Å². The van der Waals surface area contributed by atoms with Gasteiger partial charge in [0.15, 0.2) is 0 Å². The van der Waals surface area contributed by atoms with E-state index in [0.717, 1.165) is 61.0 Å². The molecule has 4 rings (SSSR count). The van der Waals surface area contributed by atoms with Crippen molar-refractivity contribution < 1.29 is 9.59 Å². The summed E-state index contributed by atoms with van der Waals surface area (Å²) in [5.41, 5.74) is 4.38. The number of benzene rings is 2. The van der Waals surface area contributed by atoms with Crippen LogP contribution in [0.3, 0.4) is 0 Å². The van der Waals surface area contributed by atoms with E-state index in [1.807, 2.05) is 82.6 Å². The third-order valence-corrected chi connectivity index (χ3v) is 6.36. The molecule has 174 valence electrons. The summed E-state index contributed by atoms with van der Waals surface area (Å²) in [6.07, 6.45) is 9.26. The zero-order valence-corrected chi connectivity index (χ0v) is 19.7. The molecule has 0 N–H and O–H groups in total. The monoisotopic (exact) mass is 452 g/mol. The van der Waals surface area contributed by atoms with Gasteiger partial charge in [-0.1, -0.05) is 72.8 Å². The molecule has 0 saturated carbocycles. The number of carbonyl (C=O) groups excluding carboxylic acids is 2. The molecule has 34 heavy (non-hydrogen) atoms. The van der Waals surface area contributed by atoms with E-state index in [1.54, 1.807) is 0 Å². The van der Waals surface area contributed by atoms with Crippen LogP contribution in [-0.4, -0.2) is 34.7 Å². The van der Waals surface area contributed by atoms with E-state index in [2.05, 4.69) is 13.2 Å². The van der Waals surface area contributed by atoms with Gasteiger partial charge < -0.3 is 9.80 Å². The molecule has 4 nitrogen and oxygen atoms in total. The minimum absolute atomic E-state index is 0.0757. The first-order valence-corrected chi connectivity index (χ1v) is 12.1. The Kier molecular flexibility index (Phi) is 7.58. The van der Waals surface area contributed by atoms with Crippen molar-refractivity contribution in [3.63, 3.8) is 0 Å². The Bertz CT molecular complexity index is 1040. The topological polar surface area (TPSA) is 40.6 Å². The molecule has 0 bridgehead atoms. The van der Waals surface area contributed by atoms with Gasteiger partial charge in [0.25, 0.3) is 11.8 Å². The molecule has 2 aromatic carbocycles. The third kappa shape index (κ3) is 4.54. The van der Waals surface area contributed by atoms with E-state index in [0.29, 0.717) is 24.2 Å². The number of hydrogen-bond acceptors (Lipinski definition) is 2. The second-order valence-electron chi connectivity index (χ2n) is 8.66. The molecular weight excluding hydrogens is 420 g/mol. The Morgan fingerprint density at radius 2 is 0.971 bits per heavy atom. The number of hydrogen-bond donors (Lipinski definition) is 0. The summed E-state index contributed by atoms with van der Waals surface area (Å²) >= 11 is 0. The van der Waals surface area contributed by atoms with Crippen LogP contribution in [0.25, 0.3) is 11.4 Å². The Hall–Kier alpha value is -3.66. The van der Waals surface area contributed by atoms with E-state index in [-0.39, 0.29) is 11.8 Å². The largest absolute Gasteiger partial charge is 0.307 e. The van der Waals surface area contributed by atoms with Gasteiger partial charge >= 0.3 is 0 Å². The standard InChI is InChI=1S/C30H32N2O2/c1-3-5-7-15-21-31-27(23-17-11-9-12-18-23)25-26(29(31)33)28(24-19-13-10-14-20-24)32(30(25)34)22-16-8-6-4-2/h3-4,9-14,17-20H,1-2,5-8,15-16,21-22H2. The van der Waals surface area contributed by atoms with Gasteiger partial charge in [0.1, 0.15) is 0 Å². The van der Waals surface area contributed by atoms with Crippen molar-refractivity contribution in [1.29, 1.82) is 0 Å². The lowest BCUT2D eigenvalue weighted by atomic mass is 10.0. The summed E-state index contributed by atoms with van der Waals surface area (Å²) in [6, 6.07) is 19.7. The average molecular weight is 453 g/mol. The van der Waals surface area contributed by atoms with E-state index < -0.39 is 0 Å². The van der Waals surface area contributed by atoms with Gasteiger partial charge in [-0.05, 0) is 49.7 Å². The van der Waals surface area contributed by atoms with E-state index in [4.69, 9.17) is 0 Å². The molecule has 0 aliphatic carbocycles. The third-order valence-electron chi connectivity index (χ3n) is 6.36. The summed E-state index contributed by atoms with van der Waals surface area (Å²) in [6.45, 7) is 8.76. The fourth-order valence-electron chi connectivity index (χ4n) is 4.73. The van der Waals surface area contributed by atoms with Gasteiger partial charge in [0, 0.05) is 13.1 Å². The van der Waals surface area contributed by atoms with Crippen molar-refractivity contribution in [2.75, 3.05) is 13.1 Å². The maximum atomic E-state index is 13.9. The van der Waals surface area contributed by atoms with Crippen molar-refractivity contribution in [3.8, 4) is 0 Å². The highest BCUT2D eigenvalue weighted by Crippen LogP contribution is 2.46. The summed E-state index contributed by atoms with van der Waals surface area (Å²) in [5.74, 6) is -0.151. The highest BCUT2D eigenvalue weighted by Gasteiger charge is 2.48. The first-order chi connectivity index (χ1) is 16.7. The first kappa shape index (κ1) is 23.5. The number of rotatable bonds is 12. The average Bonchev–Trinajstić information content (AvgIpc) is 3.32. The maximum absolute atomic E-state index is 13.9. The number of carbonyl (C=O) groups is 2. The quantitative estimate of drug-likeness (QED) is 0.284. The minimum atomic E-state index is -0.0757. The zero-order valence-electron chi connectivity index (χ0n) is 19.7. The molecule has 2 amide bonds. The van der Waals surface area contributed by atoms with Crippen LogP contribution in [0, 0.1) is 0 Å². The molecule has 0 fully saturated rings. The van der Waals surface area contributed by atoms with E-state index >= 15 is 0 Å². The Labute approximate surface area is 202 Å². The SMILES string of the molecule is C=CCCCCN1C(=O)C2=C(c3ccccc3)N(CCCCC=C)C(=O)C2=C1c1ccccc1. The number of unbranched alkanes of at least 4 members (excludes halogenated alkanes) is 4. The van der Waals surface area contributed by atoms with Crippen molar-refractivity contribution in [2.45, 2.75) is 38.5 Å². The first-order valence-electron chi connectivity index (χ1n) is 12.1. The smallest absolute Gasteiger partial charge is 0.261 e. The highest BCUT2D eigenvalue weighted by molar-refractivity contribution is 6.30. The van der Waals surface area contributed by atoms with Gasteiger partial charge in [-0.15, -0.1) is 13.2 Å². The van der Waals surface area contributed by atoms with Crippen LogP contribution in [-0.2, 0) is 9.59 Å². The Balaban J connectivity index is 1.82. The second-order valence-corrected chi connectivity index (χ2v) is 8.66. The van der Waals surface area contributed by atoms with Crippen molar-refractivity contribution in [1.82, 2.24) is 9.80 Å². The zero-order chi connectivity index (χ0) is 23.9. The van der Waals surface area contributed by atoms with Crippen molar-refractivity contribution in [3.05, 3.63) is 108 Å². The molecule has 2 aromatic rings. The molecule has 2 aliphatic rings. The molecular formula is C30H32N2O2. The van der Waals surface area contributed by atoms with Gasteiger partial charge in [-0.25, -0.2) is 0 Å². The molecule has 4 heteroatoms. The molecule has 0 unspecified atom stereocenters. The van der Waals surface area contributed by atoms with Gasteiger partial charge in [0.05, 0.1) is 22.5 Å².